The minimum atomic E-state index is 0.867. The van der Waals surface area contributed by atoms with Gasteiger partial charge in [-0.25, -0.2) is 0 Å². The van der Waals surface area contributed by atoms with E-state index in [2.05, 4.69) is 102 Å². The molecule has 0 radical (unpaired) electrons. The summed E-state index contributed by atoms with van der Waals surface area (Å²) in [6.45, 7) is 0.867. The SMILES string of the molecule is Sc1ccccc1Cc1ccc2ccccc2[n+]1Cc1ccccc1. The molecule has 2 heteroatoms. The van der Waals surface area contributed by atoms with Gasteiger partial charge in [0.05, 0.1) is 6.42 Å². The fourth-order valence-corrected chi connectivity index (χ4v) is 3.51. The molecule has 0 spiro atoms. The summed E-state index contributed by atoms with van der Waals surface area (Å²) in [6, 6.07) is 32.0. The van der Waals surface area contributed by atoms with Crippen LogP contribution in [0.5, 0.6) is 0 Å². The molecule has 3 aromatic carbocycles. The molecule has 0 saturated heterocycles. The minimum absolute atomic E-state index is 0.867. The van der Waals surface area contributed by atoms with Crippen LogP contribution in [0.25, 0.3) is 10.9 Å². The van der Waals surface area contributed by atoms with Crippen molar-refractivity contribution in [3.8, 4) is 0 Å². The van der Waals surface area contributed by atoms with Crippen molar-refractivity contribution in [1.82, 2.24) is 0 Å². The second kappa shape index (κ2) is 7.12. The van der Waals surface area contributed by atoms with Crippen LogP contribution < -0.4 is 4.57 Å². The molecule has 0 amide bonds. The maximum absolute atomic E-state index is 4.63. The molecule has 0 fully saturated rings. The van der Waals surface area contributed by atoms with Crippen molar-refractivity contribution in [2.24, 2.45) is 0 Å². The van der Waals surface area contributed by atoms with E-state index in [1.165, 1.54) is 27.7 Å². The molecule has 122 valence electrons. The van der Waals surface area contributed by atoms with Gasteiger partial charge in [-0.3, -0.25) is 0 Å². The average Bonchev–Trinajstić information content (AvgIpc) is 2.66. The van der Waals surface area contributed by atoms with Crippen molar-refractivity contribution in [2.45, 2.75) is 17.9 Å². The summed E-state index contributed by atoms with van der Waals surface area (Å²) in [5.41, 5.74) is 5.12. The molecule has 0 aliphatic rings. The van der Waals surface area contributed by atoms with Crippen LogP contribution in [-0.2, 0) is 13.0 Å². The van der Waals surface area contributed by atoms with Crippen LogP contribution in [0.4, 0.5) is 0 Å². The summed E-state index contributed by atoms with van der Waals surface area (Å²) in [4.78, 5) is 1.04. The Hall–Kier alpha value is -2.58. The van der Waals surface area contributed by atoms with Gasteiger partial charge in [-0.1, -0.05) is 60.7 Å². The van der Waals surface area contributed by atoms with Gasteiger partial charge >= 0.3 is 0 Å². The van der Waals surface area contributed by atoms with E-state index in [-0.39, 0.29) is 0 Å². The molecule has 4 rings (SSSR count). The van der Waals surface area contributed by atoms with Gasteiger partial charge in [0.15, 0.2) is 12.2 Å². The first-order chi connectivity index (χ1) is 12.3. The summed E-state index contributed by atoms with van der Waals surface area (Å²) in [5.74, 6) is 0. The lowest BCUT2D eigenvalue weighted by Crippen LogP contribution is -2.40. The van der Waals surface area contributed by atoms with Crippen molar-refractivity contribution < 1.29 is 4.57 Å². The lowest BCUT2D eigenvalue weighted by molar-refractivity contribution is -0.669. The number of fused-ring (bicyclic) bond motifs is 1. The van der Waals surface area contributed by atoms with Gasteiger partial charge in [-0.15, -0.1) is 12.6 Å². The molecule has 0 unspecified atom stereocenters. The number of aromatic nitrogens is 1. The molecule has 0 atom stereocenters. The van der Waals surface area contributed by atoms with E-state index in [0.29, 0.717) is 0 Å². The highest BCUT2D eigenvalue weighted by atomic mass is 32.1. The number of nitrogens with zero attached hydrogens (tertiary/aromatic N) is 1. The maximum Gasteiger partial charge on any atom is 0.212 e. The highest BCUT2D eigenvalue weighted by Gasteiger charge is 2.17. The van der Waals surface area contributed by atoms with E-state index < -0.39 is 0 Å². The summed E-state index contributed by atoms with van der Waals surface area (Å²) >= 11 is 4.63. The first-order valence-electron chi connectivity index (χ1n) is 8.52. The molecule has 1 aromatic heterocycles. The molecular weight excluding hydrogens is 322 g/mol. The van der Waals surface area contributed by atoms with Crippen molar-refractivity contribution >= 4 is 23.5 Å². The van der Waals surface area contributed by atoms with Crippen LogP contribution in [0.3, 0.4) is 0 Å². The number of hydrogen-bond acceptors (Lipinski definition) is 1. The van der Waals surface area contributed by atoms with Crippen molar-refractivity contribution in [3.05, 3.63) is 108 Å². The molecule has 0 N–H and O–H groups in total. The molecule has 1 nitrogen and oxygen atoms in total. The molecule has 4 aromatic rings. The number of thiol groups is 1. The maximum atomic E-state index is 4.63. The largest absolute Gasteiger partial charge is 0.212 e. The molecule has 0 bridgehead atoms. The zero-order valence-electron chi connectivity index (χ0n) is 14.0. The van der Waals surface area contributed by atoms with Crippen LogP contribution >= 0.6 is 12.6 Å². The molecular formula is C23H20NS+. The zero-order chi connectivity index (χ0) is 17.1. The smallest absolute Gasteiger partial charge is 0.191 e. The monoisotopic (exact) mass is 342 g/mol. The normalized spacial score (nSPS) is 10.9. The van der Waals surface area contributed by atoms with Crippen molar-refractivity contribution in [2.75, 3.05) is 0 Å². The van der Waals surface area contributed by atoms with Crippen molar-refractivity contribution in [1.29, 1.82) is 0 Å². The average molecular weight is 342 g/mol. The third kappa shape index (κ3) is 3.45. The fourth-order valence-electron chi connectivity index (χ4n) is 3.27. The molecule has 0 aliphatic carbocycles. The molecule has 0 saturated carbocycles. The predicted octanol–water partition coefficient (Wildman–Crippen LogP) is 5.06. The van der Waals surface area contributed by atoms with E-state index >= 15 is 0 Å². The Morgan fingerprint density at radius 2 is 1.40 bits per heavy atom. The number of benzene rings is 3. The van der Waals surface area contributed by atoms with Crippen LogP contribution in [0.1, 0.15) is 16.8 Å². The van der Waals surface area contributed by atoms with Crippen LogP contribution in [0.2, 0.25) is 0 Å². The summed E-state index contributed by atoms with van der Waals surface area (Å²) in [6.07, 6.45) is 0.872. The van der Waals surface area contributed by atoms with Gasteiger partial charge in [0.2, 0.25) is 5.52 Å². The van der Waals surface area contributed by atoms with E-state index in [9.17, 15) is 0 Å². The van der Waals surface area contributed by atoms with Gasteiger partial charge in [0, 0.05) is 28.0 Å². The Kier molecular flexibility index (Phi) is 4.53. The van der Waals surface area contributed by atoms with Crippen LogP contribution in [-0.4, -0.2) is 0 Å². The highest BCUT2D eigenvalue weighted by Crippen LogP contribution is 2.18. The first kappa shape index (κ1) is 15.9. The third-order valence-electron chi connectivity index (χ3n) is 4.58. The quantitative estimate of drug-likeness (QED) is 0.390. The molecule has 1 heterocycles. The van der Waals surface area contributed by atoms with Gasteiger partial charge < -0.3 is 0 Å². The van der Waals surface area contributed by atoms with Crippen LogP contribution in [0, 0.1) is 0 Å². The Morgan fingerprint density at radius 1 is 0.680 bits per heavy atom. The standard InChI is InChI=1S/C23H19NS/c25-23-13-7-5-11-20(23)16-21-15-14-19-10-4-6-12-22(19)24(21)17-18-8-2-1-3-9-18/h1-15H,16-17H2/p+1. The predicted molar refractivity (Wildman–Crippen MR) is 106 cm³/mol. The topological polar surface area (TPSA) is 3.88 Å². The number of rotatable bonds is 4. The number of pyridine rings is 1. The summed E-state index contributed by atoms with van der Waals surface area (Å²) in [7, 11) is 0. The fraction of sp³-hybridized carbons (Fsp3) is 0.0870. The van der Waals surface area contributed by atoms with Gasteiger partial charge in [-0.2, -0.15) is 4.57 Å². The Labute approximate surface area is 154 Å². The number of para-hydroxylation sites is 1. The summed E-state index contributed by atoms with van der Waals surface area (Å²) in [5, 5.41) is 1.27. The Morgan fingerprint density at radius 3 is 2.24 bits per heavy atom. The van der Waals surface area contributed by atoms with E-state index in [1.54, 1.807) is 0 Å². The third-order valence-corrected chi connectivity index (χ3v) is 5.01. The Bertz CT molecular complexity index is 1010. The molecule has 0 aliphatic heterocycles. The Balaban J connectivity index is 1.83. The van der Waals surface area contributed by atoms with Crippen molar-refractivity contribution in [3.63, 3.8) is 0 Å². The van der Waals surface area contributed by atoms with E-state index in [4.69, 9.17) is 0 Å². The van der Waals surface area contributed by atoms with E-state index in [0.717, 1.165) is 17.9 Å². The van der Waals surface area contributed by atoms with Gasteiger partial charge in [0.1, 0.15) is 0 Å². The van der Waals surface area contributed by atoms with E-state index in [1.807, 2.05) is 6.07 Å². The highest BCUT2D eigenvalue weighted by molar-refractivity contribution is 7.80. The second-order valence-corrected chi connectivity index (χ2v) is 6.74. The first-order valence-corrected chi connectivity index (χ1v) is 8.97. The minimum Gasteiger partial charge on any atom is -0.191 e. The lowest BCUT2D eigenvalue weighted by atomic mass is 10.1. The zero-order valence-corrected chi connectivity index (χ0v) is 14.9. The number of hydrogen-bond donors (Lipinski definition) is 1. The lowest BCUT2D eigenvalue weighted by Gasteiger charge is -2.09. The second-order valence-electron chi connectivity index (χ2n) is 6.26. The van der Waals surface area contributed by atoms with Gasteiger partial charge in [-0.05, 0) is 23.8 Å². The molecule has 25 heavy (non-hydrogen) atoms. The van der Waals surface area contributed by atoms with Gasteiger partial charge in [0.25, 0.3) is 0 Å². The van der Waals surface area contributed by atoms with Crippen LogP contribution in [0.15, 0.2) is 95.9 Å². The summed E-state index contributed by atoms with van der Waals surface area (Å²) < 4.78 is 2.42.